The minimum Gasteiger partial charge on any atom is -0.255 e. The van der Waals surface area contributed by atoms with Crippen molar-refractivity contribution in [1.29, 1.82) is 0 Å². The van der Waals surface area contributed by atoms with E-state index in [0.717, 1.165) is 60.2 Å². The van der Waals surface area contributed by atoms with E-state index in [1.165, 1.54) is 37.7 Å². The zero-order chi connectivity index (χ0) is 22.5. The quantitative estimate of drug-likeness (QED) is 0.427. The zero-order valence-electron chi connectivity index (χ0n) is 19.1. The summed E-state index contributed by atoms with van der Waals surface area (Å²) >= 11 is 0. The minimum atomic E-state index is 0.611. The van der Waals surface area contributed by atoms with Gasteiger partial charge in [-0.25, -0.2) is 14.8 Å². The highest BCUT2D eigenvalue weighted by Gasteiger charge is 2.18. The number of tetrazole rings is 1. The Balaban J connectivity index is 1.34. The summed E-state index contributed by atoms with van der Waals surface area (Å²) in [6.07, 6.45) is 11.5. The number of pyridine rings is 1. The average molecular weight is 443 g/mol. The predicted molar refractivity (Wildman–Crippen MR) is 126 cm³/mol. The van der Waals surface area contributed by atoms with Gasteiger partial charge in [-0.1, -0.05) is 63.3 Å². The van der Waals surface area contributed by atoms with E-state index >= 15 is 0 Å². The molecule has 3 heterocycles. The molecule has 1 N–H and O–H groups in total. The third kappa shape index (κ3) is 4.99. The molecule has 4 aromatic rings. The minimum absolute atomic E-state index is 0.611. The number of nitrogens with zero attached hydrogens (tertiary/aromatic N) is 7. The average Bonchev–Trinajstić information content (AvgIpc) is 3.51. The summed E-state index contributed by atoms with van der Waals surface area (Å²) in [5, 5.41) is 19.2. The van der Waals surface area contributed by atoms with Crippen molar-refractivity contribution in [2.45, 2.75) is 64.8 Å². The van der Waals surface area contributed by atoms with E-state index in [1.54, 1.807) is 6.20 Å². The summed E-state index contributed by atoms with van der Waals surface area (Å²) in [6, 6.07) is 12.4. The first-order valence-electron chi connectivity index (χ1n) is 12.0. The molecule has 0 aliphatic heterocycles. The van der Waals surface area contributed by atoms with E-state index < -0.39 is 0 Å². The van der Waals surface area contributed by atoms with E-state index in [-0.39, 0.29) is 0 Å². The van der Waals surface area contributed by atoms with Gasteiger partial charge in [-0.3, -0.25) is 4.98 Å². The van der Waals surface area contributed by atoms with E-state index in [0.29, 0.717) is 5.82 Å². The maximum Gasteiger partial charge on any atom is 0.181 e. The summed E-state index contributed by atoms with van der Waals surface area (Å²) in [4.78, 5) is 9.49. The molecular formula is C25H30N8. The first kappa shape index (κ1) is 21.4. The molecule has 170 valence electrons. The highest BCUT2D eigenvalue weighted by Crippen LogP contribution is 2.28. The van der Waals surface area contributed by atoms with Crippen LogP contribution in [0.4, 0.5) is 0 Å². The van der Waals surface area contributed by atoms with Crippen molar-refractivity contribution in [1.82, 2.24) is 40.4 Å². The maximum absolute atomic E-state index is 4.92. The molecule has 3 aromatic heterocycles. The molecule has 1 aliphatic carbocycles. The van der Waals surface area contributed by atoms with Gasteiger partial charge in [-0.2, -0.15) is 5.10 Å². The van der Waals surface area contributed by atoms with Crippen molar-refractivity contribution < 1.29 is 0 Å². The van der Waals surface area contributed by atoms with E-state index in [2.05, 4.69) is 61.5 Å². The van der Waals surface area contributed by atoms with Gasteiger partial charge in [0.2, 0.25) is 0 Å². The van der Waals surface area contributed by atoms with Crippen LogP contribution in [0.25, 0.3) is 22.6 Å². The monoisotopic (exact) mass is 442 g/mol. The molecule has 0 unspecified atom stereocenters. The molecule has 8 nitrogen and oxygen atoms in total. The first-order chi connectivity index (χ1) is 16.3. The van der Waals surface area contributed by atoms with Crippen LogP contribution < -0.4 is 0 Å². The van der Waals surface area contributed by atoms with Crippen LogP contribution >= 0.6 is 0 Å². The molecule has 33 heavy (non-hydrogen) atoms. The van der Waals surface area contributed by atoms with Crippen molar-refractivity contribution in [2.24, 2.45) is 5.92 Å². The van der Waals surface area contributed by atoms with Crippen molar-refractivity contribution >= 4 is 0 Å². The fraction of sp³-hybridized carbons (Fsp3) is 0.440. The summed E-state index contributed by atoms with van der Waals surface area (Å²) < 4.78 is 2.10. The van der Waals surface area contributed by atoms with Crippen LogP contribution in [0.5, 0.6) is 0 Å². The number of nitrogens with one attached hydrogen (secondary N) is 1. The van der Waals surface area contributed by atoms with Gasteiger partial charge in [0.05, 0.1) is 12.2 Å². The van der Waals surface area contributed by atoms with Crippen LogP contribution in [0, 0.1) is 5.92 Å². The largest absolute Gasteiger partial charge is 0.255 e. The lowest BCUT2D eigenvalue weighted by Crippen LogP contribution is -2.11. The Morgan fingerprint density at radius 3 is 2.67 bits per heavy atom. The molecule has 0 atom stereocenters. The maximum atomic E-state index is 4.92. The number of benzene rings is 1. The van der Waals surface area contributed by atoms with Crippen LogP contribution in [0.2, 0.25) is 0 Å². The SMILES string of the molecule is CCCc1nc(CC2CCCCC2)nn1Cc1ccc(-c2ncccc2-c2nnn[nH]2)cc1. The second-order valence-corrected chi connectivity index (χ2v) is 8.91. The lowest BCUT2D eigenvalue weighted by molar-refractivity contribution is 0.351. The van der Waals surface area contributed by atoms with Crippen LogP contribution in [-0.4, -0.2) is 40.4 Å². The van der Waals surface area contributed by atoms with Crippen LogP contribution in [0.15, 0.2) is 42.6 Å². The first-order valence-corrected chi connectivity index (χ1v) is 12.0. The Bertz CT molecular complexity index is 1160. The summed E-state index contributed by atoms with van der Waals surface area (Å²) in [6.45, 7) is 2.93. The Hall–Kier alpha value is -3.42. The number of aryl methyl sites for hydroxylation is 1. The van der Waals surface area contributed by atoms with Gasteiger partial charge in [-0.05, 0) is 40.5 Å². The highest BCUT2D eigenvalue weighted by molar-refractivity contribution is 5.76. The number of H-pyrrole nitrogens is 1. The second kappa shape index (κ2) is 10.0. The van der Waals surface area contributed by atoms with Crippen molar-refractivity contribution in [3.05, 3.63) is 59.8 Å². The lowest BCUT2D eigenvalue weighted by Gasteiger charge is -2.19. The van der Waals surface area contributed by atoms with Crippen LogP contribution in [0.3, 0.4) is 0 Å². The Kier molecular flexibility index (Phi) is 6.51. The smallest absolute Gasteiger partial charge is 0.181 e. The Morgan fingerprint density at radius 2 is 1.91 bits per heavy atom. The van der Waals surface area contributed by atoms with E-state index in [1.807, 2.05) is 12.1 Å². The highest BCUT2D eigenvalue weighted by atomic mass is 15.5. The fourth-order valence-electron chi connectivity index (χ4n) is 4.74. The number of hydrogen-bond acceptors (Lipinski definition) is 6. The molecule has 1 aliphatic rings. The molecule has 1 fully saturated rings. The topological polar surface area (TPSA) is 98.1 Å². The Labute approximate surface area is 193 Å². The summed E-state index contributed by atoms with van der Waals surface area (Å²) in [5.74, 6) is 3.47. The molecule has 0 amide bonds. The summed E-state index contributed by atoms with van der Waals surface area (Å²) in [5.41, 5.74) is 3.95. The van der Waals surface area contributed by atoms with Crippen molar-refractivity contribution in [3.8, 4) is 22.6 Å². The molecule has 0 spiro atoms. The fourth-order valence-corrected chi connectivity index (χ4v) is 4.74. The lowest BCUT2D eigenvalue weighted by atomic mass is 9.87. The predicted octanol–water partition coefficient (Wildman–Crippen LogP) is 4.64. The van der Waals surface area contributed by atoms with Gasteiger partial charge in [0.15, 0.2) is 11.6 Å². The molecule has 1 aromatic carbocycles. The van der Waals surface area contributed by atoms with Gasteiger partial charge in [-0.15, -0.1) is 5.10 Å². The zero-order valence-corrected chi connectivity index (χ0v) is 19.1. The van der Waals surface area contributed by atoms with Crippen molar-refractivity contribution in [2.75, 3.05) is 0 Å². The third-order valence-electron chi connectivity index (χ3n) is 6.43. The van der Waals surface area contributed by atoms with Gasteiger partial charge in [0.1, 0.15) is 5.82 Å². The molecule has 0 bridgehead atoms. The number of aromatic nitrogens is 8. The van der Waals surface area contributed by atoms with Crippen LogP contribution in [-0.2, 0) is 19.4 Å². The Morgan fingerprint density at radius 1 is 1.06 bits per heavy atom. The summed E-state index contributed by atoms with van der Waals surface area (Å²) in [7, 11) is 0. The molecule has 0 saturated heterocycles. The molecule has 8 heteroatoms. The molecule has 0 radical (unpaired) electrons. The standard InChI is InChI=1S/C25H30N8/c1-2-7-23-27-22(16-18-8-4-3-5-9-18)30-33(23)17-19-11-13-20(14-12-19)24-21(10-6-15-26-24)25-28-31-32-29-25/h6,10-15,18H,2-5,7-9,16-17H2,1H3,(H,28,29,31,32). The molecular weight excluding hydrogens is 412 g/mol. The number of aromatic amines is 1. The van der Waals surface area contributed by atoms with Gasteiger partial charge in [0, 0.05) is 30.2 Å². The van der Waals surface area contributed by atoms with Gasteiger partial charge in [0.25, 0.3) is 0 Å². The number of hydrogen-bond donors (Lipinski definition) is 1. The van der Waals surface area contributed by atoms with Crippen LogP contribution in [0.1, 0.15) is 62.7 Å². The van der Waals surface area contributed by atoms with E-state index in [9.17, 15) is 0 Å². The molecule has 1 saturated carbocycles. The second-order valence-electron chi connectivity index (χ2n) is 8.91. The van der Waals surface area contributed by atoms with Gasteiger partial charge >= 0.3 is 0 Å². The van der Waals surface area contributed by atoms with E-state index in [4.69, 9.17) is 10.1 Å². The normalized spacial score (nSPS) is 14.6. The third-order valence-corrected chi connectivity index (χ3v) is 6.43. The van der Waals surface area contributed by atoms with Gasteiger partial charge < -0.3 is 0 Å². The van der Waals surface area contributed by atoms with Crippen molar-refractivity contribution in [3.63, 3.8) is 0 Å². The molecule has 5 rings (SSSR count). The number of rotatable bonds is 8.